The normalized spacial score (nSPS) is 21.0. The lowest BCUT2D eigenvalue weighted by atomic mass is 9.94. The van der Waals surface area contributed by atoms with Crippen LogP contribution in [0.1, 0.15) is 54.5 Å². The second-order valence-electron chi connectivity index (χ2n) is 9.76. The molecule has 1 fully saturated rings. The molecule has 12 heteroatoms. The Bertz CT molecular complexity index is 1260. The Morgan fingerprint density at radius 2 is 1.80 bits per heavy atom. The van der Waals surface area contributed by atoms with Crippen LogP contribution in [0.15, 0.2) is 42.6 Å². The van der Waals surface area contributed by atoms with Crippen molar-refractivity contribution in [2.24, 2.45) is 17.8 Å². The predicted molar refractivity (Wildman–Crippen MR) is 141 cm³/mol. The lowest BCUT2D eigenvalue weighted by molar-refractivity contribution is -0.177. The molecule has 41 heavy (non-hydrogen) atoms. The molecule has 0 unspecified atom stereocenters. The average molecular weight is 572 g/mol. The maximum atomic E-state index is 13.2. The third-order valence-electron chi connectivity index (χ3n) is 6.42. The third-order valence-corrected chi connectivity index (χ3v) is 6.42. The number of carbonyl (C=O) groups is 5. The monoisotopic (exact) mass is 571 g/mol. The first kappa shape index (κ1) is 31.1. The number of pyridine rings is 1. The van der Waals surface area contributed by atoms with Gasteiger partial charge in [0.1, 0.15) is 18.6 Å². The molecule has 2 aromatic rings. The summed E-state index contributed by atoms with van der Waals surface area (Å²) in [6.07, 6.45) is -1.71. The van der Waals surface area contributed by atoms with E-state index in [9.17, 15) is 29.1 Å². The van der Waals surface area contributed by atoms with Gasteiger partial charge in [0.2, 0.25) is 0 Å². The number of carbonyl (C=O) groups excluding carboxylic acids is 5. The summed E-state index contributed by atoms with van der Waals surface area (Å²) in [5, 5.41) is 10.3. The smallest absolute Gasteiger partial charge is 0.338 e. The summed E-state index contributed by atoms with van der Waals surface area (Å²) >= 11 is 0. The second-order valence-corrected chi connectivity index (χ2v) is 9.76. The first-order valence-corrected chi connectivity index (χ1v) is 13.1. The van der Waals surface area contributed by atoms with Crippen molar-refractivity contribution in [3.8, 4) is 11.5 Å². The molecule has 0 radical (unpaired) electrons. The zero-order valence-electron chi connectivity index (χ0n) is 23.2. The molecule has 0 bridgehead atoms. The summed E-state index contributed by atoms with van der Waals surface area (Å²) in [6.45, 7) is 3.92. The van der Waals surface area contributed by atoms with E-state index >= 15 is 0 Å². The molecular formula is C29H33NO11. The van der Waals surface area contributed by atoms with Crippen molar-refractivity contribution in [1.82, 2.24) is 4.98 Å². The molecule has 2 heterocycles. The number of hydrogen-bond acceptors (Lipinski definition) is 12. The van der Waals surface area contributed by atoms with Crippen molar-refractivity contribution in [2.45, 2.75) is 45.8 Å². The SMILES string of the molecule is COc1ccnc(C(=O)C[C@H]2COC(=O)[C@H](CCOC(=O)c3ccccc3)[C@@H](OC(=O)C(C)C)[C@H](C)OC2=O)c1O. The summed E-state index contributed by atoms with van der Waals surface area (Å²) in [5.41, 5.74) is -0.00283. The van der Waals surface area contributed by atoms with E-state index < -0.39 is 78.4 Å². The van der Waals surface area contributed by atoms with Crippen molar-refractivity contribution in [1.29, 1.82) is 0 Å². The topological polar surface area (TPSA) is 165 Å². The highest BCUT2D eigenvalue weighted by molar-refractivity contribution is 5.99. The van der Waals surface area contributed by atoms with Gasteiger partial charge in [0.05, 0.1) is 31.1 Å². The van der Waals surface area contributed by atoms with Crippen LogP contribution >= 0.6 is 0 Å². The molecule has 1 N–H and O–H groups in total. The molecule has 1 aromatic heterocycles. The average Bonchev–Trinajstić information content (AvgIpc) is 2.99. The Hall–Kier alpha value is -4.48. The van der Waals surface area contributed by atoms with Gasteiger partial charge in [-0.3, -0.25) is 19.2 Å². The number of hydrogen-bond donors (Lipinski definition) is 1. The standard InChI is InChI=1S/C29H33NO11/c1-16(2)26(33)41-25-17(3)40-28(35)19(14-21(31)23-24(32)22(37-4)10-12-30-23)15-39-29(36)20(25)11-13-38-27(34)18-8-6-5-7-9-18/h5-10,12,16-17,19-20,25,32H,11,13-15H2,1-4H3/t17-,19-,20+,25-/m0/s1. The van der Waals surface area contributed by atoms with E-state index in [2.05, 4.69) is 4.98 Å². The number of ketones is 1. The number of ether oxygens (including phenoxy) is 5. The van der Waals surface area contributed by atoms with Gasteiger partial charge in [0.15, 0.2) is 29.1 Å². The fraction of sp³-hybridized carbons (Fsp3) is 0.448. The number of aromatic nitrogens is 1. The molecule has 4 atom stereocenters. The second kappa shape index (κ2) is 14.2. The molecule has 0 spiro atoms. The minimum absolute atomic E-state index is 0.0195. The van der Waals surface area contributed by atoms with Gasteiger partial charge in [-0.25, -0.2) is 9.78 Å². The Kier molecular flexibility index (Phi) is 10.8. The molecule has 1 saturated heterocycles. The number of aromatic hydroxyl groups is 1. The summed E-state index contributed by atoms with van der Waals surface area (Å²) < 4.78 is 26.8. The number of Topliss-reactive ketones (excluding diaryl/α,β-unsaturated/α-hetero) is 1. The summed E-state index contributed by atoms with van der Waals surface area (Å²) in [6, 6.07) is 9.62. The van der Waals surface area contributed by atoms with Crippen LogP contribution in [-0.4, -0.2) is 72.3 Å². The van der Waals surface area contributed by atoms with Gasteiger partial charge < -0.3 is 28.8 Å². The molecule has 1 aromatic carbocycles. The Morgan fingerprint density at radius 3 is 2.46 bits per heavy atom. The highest BCUT2D eigenvalue weighted by Crippen LogP contribution is 2.30. The fourth-order valence-corrected chi connectivity index (χ4v) is 4.10. The largest absolute Gasteiger partial charge is 0.503 e. The highest BCUT2D eigenvalue weighted by atomic mass is 16.6. The van der Waals surface area contributed by atoms with Crippen LogP contribution in [0.2, 0.25) is 0 Å². The molecule has 220 valence electrons. The van der Waals surface area contributed by atoms with Crippen LogP contribution < -0.4 is 4.74 Å². The van der Waals surface area contributed by atoms with Gasteiger partial charge in [-0.1, -0.05) is 32.0 Å². The molecule has 1 aliphatic rings. The number of cyclic esters (lactones) is 2. The summed E-state index contributed by atoms with van der Waals surface area (Å²) in [4.78, 5) is 68.0. The third kappa shape index (κ3) is 8.03. The number of rotatable bonds is 10. The van der Waals surface area contributed by atoms with Gasteiger partial charge in [-0.15, -0.1) is 0 Å². The van der Waals surface area contributed by atoms with E-state index in [1.165, 1.54) is 26.3 Å². The minimum Gasteiger partial charge on any atom is -0.503 e. The van der Waals surface area contributed by atoms with Gasteiger partial charge in [0, 0.05) is 18.7 Å². The van der Waals surface area contributed by atoms with Gasteiger partial charge in [-0.05, 0) is 25.5 Å². The molecule has 0 saturated carbocycles. The van der Waals surface area contributed by atoms with Crippen LogP contribution in [-0.2, 0) is 33.3 Å². The van der Waals surface area contributed by atoms with Crippen molar-refractivity contribution >= 4 is 29.7 Å². The van der Waals surface area contributed by atoms with Crippen LogP contribution in [0, 0.1) is 17.8 Å². The van der Waals surface area contributed by atoms with Gasteiger partial charge in [-0.2, -0.15) is 0 Å². The Balaban J connectivity index is 1.79. The predicted octanol–water partition coefficient (Wildman–Crippen LogP) is 2.90. The Morgan fingerprint density at radius 1 is 1.10 bits per heavy atom. The maximum absolute atomic E-state index is 13.2. The van der Waals surface area contributed by atoms with E-state index in [0.29, 0.717) is 5.56 Å². The number of benzene rings is 1. The number of methoxy groups -OCH3 is 1. The first-order valence-electron chi connectivity index (χ1n) is 13.1. The maximum Gasteiger partial charge on any atom is 0.338 e. The molecule has 1 aliphatic heterocycles. The molecule has 3 rings (SSSR count). The van der Waals surface area contributed by atoms with Crippen LogP contribution in [0.4, 0.5) is 0 Å². The van der Waals surface area contributed by atoms with E-state index in [1.54, 1.807) is 44.2 Å². The van der Waals surface area contributed by atoms with Crippen molar-refractivity contribution in [2.75, 3.05) is 20.3 Å². The quantitative estimate of drug-likeness (QED) is 0.252. The van der Waals surface area contributed by atoms with Crippen molar-refractivity contribution in [3.63, 3.8) is 0 Å². The molecule has 0 amide bonds. The molecule has 12 nitrogen and oxygen atoms in total. The van der Waals surface area contributed by atoms with E-state index in [4.69, 9.17) is 23.7 Å². The summed E-state index contributed by atoms with van der Waals surface area (Å²) in [5.74, 6) is -7.06. The van der Waals surface area contributed by atoms with E-state index in [1.807, 2.05) is 0 Å². The lowest BCUT2D eigenvalue weighted by Crippen LogP contribution is -2.43. The van der Waals surface area contributed by atoms with Crippen LogP contribution in [0.3, 0.4) is 0 Å². The first-order chi connectivity index (χ1) is 19.5. The van der Waals surface area contributed by atoms with E-state index in [0.717, 1.165) is 0 Å². The number of esters is 4. The molecule has 0 aliphatic carbocycles. The number of nitrogens with zero attached hydrogens (tertiary/aromatic N) is 1. The van der Waals surface area contributed by atoms with Crippen LogP contribution in [0.5, 0.6) is 11.5 Å². The van der Waals surface area contributed by atoms with Crippen molar-refractivity contribution < 1.29 is 52.8 Å². The van der Waals surface area contributed by atoms with E-state index in [-0.39, 0.29) is 24.5 Å². The fourth-order valence-electron chi connectivity index (χ4n) is 4.10. The highest BCUT2D eigenvalue weighted by Gasteiger charge is 2.42. The minimum atomic E-state index is -1.25. The zero-order chi connectivity index (χ0) is 30.1. The van der Waals surface area contributed by atoms with Crippen molar-refractivity contribution in [3.05, 3.63) is 53.9 Å². The summed E-state index contributed by atoms with van der Waals surface area (Å²) in [7, 11) is 1.31. The van der Waals surface area contributed by atoms with Gasteiger partial charge >= 0.3 is 23.9 Å². The van der Waals surface area contributed by atoms with Crippen LogP contribution in [0.25, 0.3) is 0 Å². The lowest BCUT2D eigenvalue weighted by Gasteiger charge is -2.29. The van der Waals surface area contributed by atoms with Gasteiger partial charge in [0.25, 0.3) is 0 Å². The Labute approximate surface area is 236 Å². The zero-order valence-corrected chi connectivity index (χ0v) is 23.2. The molecular weight excluding hydrogens is 538 g/mol.